The van der Waals surface area contributed by atoms with Gasteiger partial charge in [-0.05, 0) is 46.1 Å². The fraction of sp³-hybridized carbons (Fsp3) is 0. The van der Waals surface area contributed by atoms with E-state index in [0.717, 1.165) is 21.1 Å². The molecule has 18 heavy (non-hydrogen) atoms. The van der Waals surface area contributed by atoms with Crippen molar-refractivity contribution in [3.8, 4) is 0 Å². The van der Waals surface area contributed by atoms with Gasteiger partial charge in [0.05, 0.1) is 10.5 Å². The van der Waals surface area contributed by atoms with Crippen LogP contribution in [0.4, 0.5) is 10.1 Å². The van der Waals surface area contributed by atoms with E-state index in [2.05, 4.69) is 10.3 Å². The fourth-order valence-corrected chi connectivity index (χ4v) is 2.48. The van der Waals surface area contributed by atoms with Crippen molar-refractivity contribution in [2.45, 2.75) is 0 Å². The van der Waals surface area contributed by atoms with E-state index in [0.29, 0.717) is 5.56 Å². The number of nitrogens with zero attached hydrogens (tertiary/aromatic N) is 2. The van der Waals surface area contributed by atoms with E-state index in [9.17, 15) is 14.9 Å². The van der Waals surface area contributed by atoms with Crippen molar-refractivity contribution >= 4 is 50.0 Å². The summed E-state index contributed by atoms with van der Waals surface area (Å²) < 4.78 is 0.804. The number of hydrogen-bond donors (Lipinski definition) is 1. The topological polar surface area (TPSA) is 85.1 Å². The van der Waals surface area contributed by atoms with Gasteiger partial charge >= 0.3 is 5.00 Å². The summed E-state index contributed by atoms with van der Waals surface area (Å²) in [5.74, 6) is -0.329. The highest BCUT2D eigenvalue weighted by molar-refractivity contribution is 14.1. The molecule has 0 aliphatic carbocycles. The van der Waals surface area contributed by atoms with Crippen LogP contribution in [0.1, 0.15) is 10.4 Å². The van der Waals surface area contributed by atoms with Gasteiger partial charge in [-0.2, -0.15) is 0 Å². The van der Waals surface area contributed by atoms with Gasteiger partial charge in [-0.1, -0.05) is 12.1 Å². The van der Waals surface area contributed by atoms with Gasteiger partial charge in [-0.15, -0.1) is 0 Å². The van der Waals surface area contributed by atoms with Crippen LogP contribution < -0.4 is 5.32 Å². The second-order valence-electron chi connectivity index (χ2n) is 3.19. The number of rotatable bonds is 3. The first-order valence-electron chi connectivity index (χ1n) is 4.74. The number of hydrogen-bond acceptors (Lipinski definition) is 5. The van der Waals surface area contributed by atoms with Gasteiger partial charge in [0.15, 0.2) is 5.13 Å². The number of nitro groups is 1. The number of benzene rings is 1. The molecule has 92 valence electrons. The van der Waals surface area contributed by atoms with E-state index >= 15 is 0 Å². The van der Waals surface area contributed by atoms with E-state index in [1.807, 2.05) is 28.7 Å². The van der Waals surface area contributed by atoms with Gasteiger partial charge in [0.1, 0.15) is 6.20 Å². The summed E-state index contributed by atoms with van der Waals surface area (Å²) in [6, 6.07) is 7.06. The SMILES string of the molecule is O=C(Nc1ncc([N+](=O)[O-])s1)c1ccccc1I. The predicted molar refractivity (Wildman–Crippen MR) is 75.9 cm³/mol. The number of amides is 1. The molecule has 2 rings (SSSR count). The predicted octanol–water partition coefficient (Wildman–Crippen LogP) is 2.91. The number of aromatic nitrogens is 1. The molecule has 0 saturated heterocycles. The number of anilines is 1. The first-order valence-corrected chi connectivity index (χ1v) is 6.63. The largest absolute Gasteiger partial charge is 0.345 e. The van der Waals surface area contributed by atoms with Gasteiger partial charge in [0.25, 0.3) is 5.91 Å². The Morgan fingerprint density at radius 2 is 2.17 bits per heavy atom. The Balaban J connectivity index is 2.16. The molecule has 0 aliphatic heterocycles. The maximum Gasteiger partial charge on any atom is 0.345 e. The maximum absolute atomic E-state index is 11.9. The minimum Gasteiger partial charge on any atom is -0.298 e. The van der Waals surface area contributed by atoms with Crippen molar-refractivity contribution in [3.05, 3.63) is 49.7 Å². The van der Waals surface area contributed by atoms with E-state index < -0.39 is 4.92 Å². The van der Waals surface area contributed by atoms with Gasteiger partial charge in [-0.3, -0.25) is 20.2 Å². The Kier molecular flexibility index (Phi) is 3.87. The van der Waals surface area contributed by atoms with E-state index in [1.165, 1.54) is 0 Å². The molecule has 8 heteroatoms. The Morgan fingerprint density at radius 1 is 1.44 bits per heavy atom. The van der Waals surface area contributed by atoms with Crippen LogP contribution in [0.15, 0.2) is 30.5 Å². The van der Waals surface area contributed by atoms with Crippen molar-refractivity contribution in [1.29, 1.82) is 0 Å². The molecule has 1 N–H and O–H groups in total. The smallest absolute Gasteiger partial charge is 0.298 e. The van der Waals surface area contributed by atoms with Crippen LogP contribution >= 0.6 is 33.9 Å². The molecule has 0 spiro atoms. The quantitative estimate of drug-likeness (QED) is 0.508. The molecule has 0 saturated carbocycles. The first-order chi connectivity index (χ1) is 8.58. The summed E-state index contributed by atoms with van der Waals surface area (Å²) in [6.45, 7) is 0. The van der Waals surface area contributed by atoms with Crippen LogP contribution in [0.2, 0.25) is 0 Å². The Hall–Kier alpha value is -1.55. The number of nitrogens with one attached hydrogen (secondary N) is 1. The lowest BCUT2D eigenvalue weighted by atomic mass is 10.2. The highest BCUT2D eigenvalue weighted by Gasteiger charge is 2.15. The lowest BCUT2D eigenvalue weighted by molar-refractivity contribution is -0.380. The second kappa shape index (κ2) is 5.40. The molecule has 1 amide bonds. The van der Waals surface area contributed by atoms with E-state index in [1.54, 1.807) is 18.2 Å². The van der Waals surface area contributed by atoms with E-state index in [4.69, 9.17) is 0 Å². The summed E-state index contributed by atoms with van der Waals surface area (Å²) in [7, 11) is 0. The molecule has 0 bridgehead atoms. The average Bonchev–Trinajstić information content (AvgIpc) is 2.78. The molecule has 0 fully saturated rings. The standard InChI is InChI=1S/C10H6IN3O3S/c11-7-4-2-1-3-6(7)9(15)13-10-12-5-8(18-10)14(16)17/h1-5H,(H,12,13,15). The third-order valence-corrected chi connectivity index (χ3v) is 3.82. The Labute approximate surface area is 119 Å². The van der Waals surface area contributed by atoms with Crippen molar-refractivity contribution in [2.75, 3.05) is 5.32 Å². The van der Waals surface area contributed by atoms with Crippen molar-refractivity contribution in [2.24, 2.45) is 0 Å². The number of carbonyl (C=O) groups excluding carboxylic acids is 1. The zero-order chi connectivity index (χ0) is 13.1. The van der Waals surface area contributed by atoms with Crippen LogP contribution in [0, 0.1) is 13.7 Å². The molecule has 0 unspecified atom stereocenters. The summed E-state index contributed by atoms with van der Waals surface area (Å²) in [6.07, 6.45) is 1.12. The van der Waals surface area contributed by atoms with Gasteiger partial charge < -0.3 is 0 Å². The van der Waals surface area contributed by atoms with Gasteiger partial charge in [0.2, 0.25) is 0 Å². The first kappa shape index (κ1) is 12.9. The maximum atomic E-state index is 11.9. The molecular formula is C10H6IN3O3S. The number of carbonyl (C=O) groups is 1. The van der Waals surface area contributed by atoms with Crippen LogP contribution in [-0.2, 0) is 0 Å². The van der Waals surface area contributed by atoms with Crippen LogP contribution in [-0.4, -0.2) is 15.8 Å². The summed E-state index contributed by atoms with van der Waals surface area (Å²) in [4.78, 5) is 25.6. The minimum atomic E-state index is -0.542. The molecule has 0 aliphatic rings. The number of thiazole rings is 1. The van der Waals surface area contributed by atoms with Crippen LogP contribution in [0.3, 0.4) is 0 Å². The number of halogens is 1. The van der Waals surface area contributed by atoms with Crippen LogP contribution in [0.25, 0.3) is 0 Å². The Morgan fingerprint density at radius 3 is 2.78 bits per heavy atom. The summed E-state index contributed by atoms with van der Waals surface area (Å²) in [5, 5.41) is 13.1. The van der Waals surface area contributed by atoms with Crippen molar-refractivity contribution < 1.29 is 9.72 Å². The van der Waals surface area contributed by atoms with Crippen molar-refractivity contribution in [1.82, 2.24) is 4.98 Å². The zero-order valence-corrected chi connectivity index (χ0v) is 11.8. The third-order valence-electron chi connectivity index (χ3n) is 2.01. The molecule has 1 heterocycles. The summed E-state index contributed by atoms with van der Waals surface area (Å²) in [5.41, 5.74) is 0.510. The monoisotopic (exact) mass is 375 g/mol. The molecular weight excluding hydrogens is 369 g/mol. The fourth-order valence-electron chi connectivity index (χ4n) is 1.22. The van der Waals surface area contributed by atoms with Gasteiger partial charge in [-0.25, -0.2) is 4.98 Å². The van der Waals surface area contributed by atoms with Gasteiger partial charge in [0, 0.05) is 3.57 Å². The lowest BCUT2D eigenvalue weighted by Gasteiger charge is -2.02. The van der Waals surface area contributed by atoms with E-state index in [-0.39, 0.29) is 16.0 Å². The third kappa shape index (κ3) is 2.82. The highest BCUT2D eigenvalue weighted by atomic mass is 127. The van der Waals surface area contributed by atoms with Crippen molar-refractivity contribution in [3.63, 3.8) is 0 Å². The Bertz CT molecular complexity index is 614. The normalized spacial score (nSPS) is 10.1. The zero-order valence-electron chi connectivity index (χ0n) is 8.79. The average molecular weight is 375 g/mol. The summed E-state index contributed by atoms with van der Waals surface area (Å²) >= 11 is 2.87. The molecule has 6 nitrogen and oxygen atoms in total. The highest BCUT2D eigenvalue weighted by Crippen LogP contribution is 2.25. The molecule has 1 aromatic heterocycles. The molecule has 1 aromatic carbocycles. The minimum absolute atomic E-state index is 0.104. The molecule has 0 radical (unpaired) electrons. The lowest BCUT2D eigenvalue weighted by Crippen LogP contribution is -2.12. The molecule has 0 atom stereocenters. The molecule has 2 aromatic rings. The second-order valence-corrected chi connectivity index (χ2v) is 5.37. The van der Waals surface area contributed by atoms with Crippen LogP contribution in [0.5, 0.6) is 0 Å².